The summed E-state index contributed by atoms with van der Waals surface area (Å²) in [5, 5.41) is 9.22. The number of ether oxygens (including phenoxy) is 1. The van der Waals surface area contributed by atoms with Gasteiger partial charge in [0.1, 0.15) is 5.75 Å². The fraction of sp³-hybridized carbons (Fsp3) is 0.222. The van der Waals surface area contributed by atoms with Gasteiger partial charge in [0.2, 0.25) is 0 Å². The summed E-state index contributed by atoms with van der Waals surface area (Å²) in [6.07, 6.45) is 0. The Morgan fingerprint density at radius 3 is 2.67 bits per heavy atom. The topological polar surface area (TPSA) is 33.0 Å². The molecule has 0 amide bonds. The number of methoxy groups -OCH3 is 1. The normalized spacial score (nSPS) is 9.17. The van der Waals surface area contributed by atoms with Crippen LogP contribution in [0.15, 0.2) is 12.1 Å². The molecular formula is C9H8ClNO. The minimum absolute atomic E-state index is 0.522. The highest BCUT2D eigenvalue weighted by Crippen LogP contribution is 2.25. The van der Waals surface area contributed by atoms with Crippen molar-refractivity contribution in [3.8, 4) is 11.8 Å². The Labute approximate surface area is 76.3 Å². The van der Waals surface area contributed by atoms with Crippen LogP contribution in [0.25, 0.3) is 0 Å². The molecule has 0 radical (unpaired) electrons. The summed E-state index contributed by atoms with van der Waals surface area (Å²) in [6, 6.07) is 5.36. The van der Waals surface area contributed by atoms with Crippen LogP contribution in [0.4, 0.5) is 0 Å². The predicted octanol–water partition coefficient (Wildman–Crippen LogP) is 2.53. The van der Waals surface area contributed by atoms with Gasteiger partial charge in [-0.15, -0.1) is 0 Å². The second-order valence-electron chi connectivity index (χ2n) is 2.39. The van der Waals surface area contributed by atoms with E-state index in [4.69, 9.17) is 21.6 Å². The van der Waals surface area contributed by atoms with Crippen LogP contribution in [0, 0.1) is 18.3 Å². The van der Waals surface area contributed by atoms with Crippen molar-refractivity contribution in [3.05, 3.63) is 28.3 Å². The van der Waals surface area contributed by atoms with E-state index in [1.54, 1.807) is 19.2 Å². The van der Waals surface area contributed by atoms with Crippen molar-refractivity contribution in [1.29, 1.82) is 5.26 Å². The van der Waals surface area contributed by atoms with Gasteiger partial charge in [0.15, 0.2) is 0 Å². The van der Waals surface area contributed by atoms with Crippen LogP contribution < -0.4 is 4.74 Å². The van der Waals surface area contributed by atoms with Crippen molar-refractivity contribution in [2.24, 2.45) is 0 Å². The van der Waals surface area contributed by atoms with E-state index < -0.39 is 0 Å². The highest BCUT2D eigenvalue weighted by Gasteiger charge is 2.05. The van der Waals surface area contributed by atoms with E-state index in [2.05, 4.69) is 0 Å². The molecule has 0 unspecified atom stereocenters. The first kappa shape index (κ1) is 8.89. The van der Waals surface area contributed by atoms with Crippen LogP contribution in [0.3, 0.4) is 0 Å². The van der Waals surface area contributed by atoms with Gasteiger partial charge in [-0.25, -0.2) is 0 Å². The zero-order valence-corrected chi connectivity index (χ0v) is 7.64. The van der Waals surface area contributed by atoms with Crippen molar-refractivity contribution in [2.45, 2.75) is 6.92 Å². The molecule has 62 valence electrons. The van der Waals surface area contributed by atoms with E-state index in [-0.39, 0.29) is 0 Å². The Hall–Kier alpha value is -1.20. The third-order valence-electron chi connectivity index (χ3n) is 1.67. The van der Waals surface area contributed by atoms with Crippen LogP contribution in [-0.2, 0) is 0 Å². The van der Waals surface area contributed by atoms with Gasteiger partial charge < -0.3 is 4.74 Å². The fourth-order valence-corrected chi connectivity index (χ4v) is 1.19. The van der Waals surface area contributed by atoms with Gasteiger partial charge in [-0.2, -0.15) is 5.26 Å². The molecule has 3 heteroatoms. The molecule has 0 aliphatic carbocycles. The highest BCUT2D eigenvalue weighted by molar-refractivity contribution is 6.30. The lowest BCUT2D eigenvalue weighted by atomic mass is 10.1. The number of rotatable bonds is 1. The average Bonchev–Trinajstić information content (AvgIpc) is 2.08. The minimum Gasteiger partial charge on any atom is -0.496 e. The van der Waals surface area contributed by atoms with Gasteiger partial charge in [0.25, 0.3) is 0 Å². The first-order chi connectivity index (χ1) is 5.69. The molecule has 2 nitrogen and oxygen atoms in total. The second kappa shape index (κ2) is 3.46. The van der Waals surface area contributed by atoms with E-state index in [1.165, 1.54) is 0 Å². The number of hydrogen-bond donors (Lipinski definition) is 0. The maximum Gasteiger partial charge on any atom is 0.124 e. The summed E-state index contributed by atoms with van der Waals surface area (Å²) in [5.74, 6) is 0.652. The third-order valence-corrected chi connectivity index (χ3v) is 1.88. The Kier molecular flexibility index (Phi) is 2.57. The number of nitrogens with zero attached hydrogens (tertiary/aromatic N) is 1. The van der Waals surface area contributed by atoms with Crippen molar-refractivity contribution in [1.82, 2.24) is 0 Å². The Morgan fingerprint density at radius 2 is 2.17 bits per heavy atom. The minimum atomic E-state index is 0.522. The van der Waals surface area contributed by atoms with Crippen molar-refractivity contribution < 1.29 is 4.74 Å². The molecule has 0 heterocycles. The van der Waals surface area contributed by atoms with E-state index in [9.17, 15) is 0 Å². The first-order valence-electron chi connectivity index (χ1n) is 3.43. The van der Waals surface area contributed by atoms with Crippen LogP contribution in [-0.4, -0.2) is 7.11 Å². The van der Waals surface area contributed by atoms with E-state index in [1.807, 2.05) is 13.0 Å². The maximum absolute atomic E-state index is 8.70. The summed E-state index contributed by atoms with van der Waals surface area (Å²) >= 11 is 5.75. The molecular weight excluding hydrogens is 174 g/mol. The Bertz CT molecular complexity index is 341. The molecule has 0 N–H and O–H groups in total. The smallest absolute Gasteiger partial charge is 0.124 e. The number of benzene rings is 1. The summed E-state index contributed by atoms with van der Waals surface area (Å²) in [4.78, 5) is 0. The average molecular weight is 182 g/mol. The highest BCUT2D eigenvalue weighted by atomic mass is 35.5. The zero-order chi connectivity index (χ0) is 9.14. The van der Waals surface area contributed by atoms with Crippen molar-refractivity contribution >= 4 is 11.6 Å². The molecule has 0 fully saturated rings. The standard InChI is InChI=1S/C9H8ClNO/c1-6-7(5-11)3-8(10)4-9(6)12-2/h3-4H,1-2H3. The molecule has 1 aromatic carbocycles. The van der Waals surface area contributed by atoms with Crippen LogP contribution in [0.1, 0.15) is 11.1 Å². The molecule has 0 atom stereocenters. The molecule has 0 saturated carbocycles. The fourth-order valence-electron chi connectivity index (χ4n) is 0.982. The van der Waals surface area contributed by atoms with E-state index >= 15 is 0 Å². The maximum atomic E-state index is 8.70. The monoisotopic (exact) mass is 181 g/mol. The molecule has 0 saturated heterocycles. The summed E-state index contributed by atoms with van der Waals surface area (Å²) in [6.45, 7) is 1.83. The lowest BCUT2D eigenvalue weighted by Crippen LogP contribution is -1.90. The van der Waals surface area contributed by atoms with Gasteiger partial charge in [0, 0.05) is 10.6 Å². The molecule has 0 spiro atoms. The molecule has 1 aromatic rings. The molecule has 1 rings (SSSR count). The lowest BCUT2D eigenvalue weighted by molar-refractivity contribution is 0.411. The number of halogens is 1. The van der Waals surface area contributed by atoms with Crippen molar-refractivity contribution in [3.63, 3.8) is 0 Å². The molecule has 0 aliphatic heterocycles. The van der Waals surface area contributed by atoms with Gasteiger partial charge in [-0.3, -0.25) is 0 Å². The third kappa shape index (κ3) is 1.51. The van der Waals surface area contributed by atoms with E-state index in [0.29, 0.717) is 16.3 Å². The SMILES string of the molecule is COc1cc(Cl)cc(C#N)c1C. The quantitative estimate of drug-likeness (QED) is 0.667. The van der Waals surface area contributed by atoms with Gasteiger partial charge in [-0.05, 0) is 19.1 Å². The molecule has 0 aromatic heterocycles. The molecule has 0 aliphatic rings. The number of nitriles is 1. The molecule has 0 bridgehead atoms. The Morgan fingerprint density at radius 1 is 1.50 bits per heavy atom. The number of hydrogen-bond acceptors (Lipinski definition) is 2. The Balaban J connectivity index is 3.34. The summed E-state index contributed by atoms with van der Waals surface area (Å²) < 4.78 is 5.03. The van der Waals surface area contributed by atoms with Gasteiger partial charge >= 0.3 is 0 Å². The first-order valence-corrected chi connectivity index (χ1v) is 3.81. The van der Waals surface area contributed by atoms with Crippen LogP contribution in [0.2, 0.25) is 5.02 Å². The zero-order valence-electron chi connectivity index (χ0n) is 6.89. The largest absolute Gasteiger partial charge is 0.496 e. The molecule has 12 heavy (non-hydrogen) atoms. The van der Waals surface area contributed by atoms with Crippen molar-refractivity contribution in [2.75, 3.05) is 7.11 Å². The van der Waals surface area contributed by atoms with E-state index in [0.717, 1.165) is 5.56 Å². The van der Waals surface area contributed by atoms with Crippen LogP contribution in [0.5, 0.6) is 5.75 Å². The van der Waals surface area contributed by atoms with Gasteiger partial charge in [-0.1, -0.05) is 11.6 Å². The summed E-state index contributed by atoms with van der Waals surface area (Å²) in [7, 11) is 1.56. The van der Waals surface area contributed by atoms with Crippen LogP contribution >= 0.6 is 11.6 Å². The summed E-state index contributed by atoms with van der Waals surface area (Å²) in [5.41, 5.74) is 1.38. The lowest BCUT2D eigenvalue weighted by Gasteiger charge is -2.05. The van der Waals surface area contributed by atoms with Gasteiger partial charge in [0.05, 0.1) is 18.7 Å². The second-order valence-corrected chi connectivity index (χ2v) is 2.83. The predicted molar refractivity (Wildman–Crippen MR) is 47.5 cm³/mol.